The number of esters is 1. The molecule has 1 aromatic heterocycles. The maximum absolute atomic E-state index is 12.2. The molecule has 1 amide bonds. The number of amides is 1. The zero-order chi connectivity index (χ0) is 16.4. The number of rotatable bonds is 3. The zero-order valence-electron chi connectivity index (χ0n) is 12.4. The molecule has 1 atom stereocenters. The van der Waals surface area contributed by atoms with E-state index in [2.05, 4.69) is 47.5 Å². The molecule has 2 saturated heterocycles. The number of carbonyl (C=O) groups excluding carboxylic acids is 2. The molecule has 124 valence electrons. The van der Waals surface area contributed by atoms with E-state index < -0.39 is 0 Å². The van der Waals surface area contributed by atoms with E-state index in [9.17, 15) is 9.59 Å². The molecule has 2 N–H and O–H groups in total. The van der Waals surface area contributed by atoms with Crippen molar-refractivity contribution in [2.24, 2.45) is 5.41 Å². The second kappa shape index (κ2) is 6.86. The highest BCUT2D eigenvalue weighted by atomic mass is 79.9. The number of hydrogen-bond acceptors (Lipinski definition) is 5. The molecule has 6 nitrogen and oxygen atoms in total. The average Bonchev–Trinajstić information content (AvgIpc) is 2.81. The standard InChI is InChI=1S/C15H17Br2N3O3/c16-9-5-11(17)12(19-7-9)13(21)20-8-10-6-15(14(22)23-10)1-3-18-4-2-15/h5,7,10,18H,1-4,6,8H2,(H,20,21). The second-order valence-electron chi connectivity index (χ2n) is 5.96. The summed E-state index contributed by atoms with van der Waals surface area (Å²) in [4.78, 5) is 28.5. The fraction of sp³-hybridized carbons (Fsp3) is 0.533. The lowest BCUT2D eigenvalue weighted by Crippen LogP contribution is -2.39. The molecule has 0 radical (unpaired) electrons. The van der Waals surface area contributed by atoms with Crippen molar-refractivity contribution in [2.75, 3.05) is 19.6 Å². The zero-order valence-corrected chi connectivity index (χ0v) is 15.6. The third-order valence-electron chi connectivity index (χ3n) is 4.40. The van der Waals surface area contributed by atoms with Gasteiger partial charge in [-0.25, -0.2) is 4.98 Å². The Morgan fingerprint density at radius 2 is 2.17 bits per heavy atom. The molecule has 1 unspecified atom stereocenters. The predicted molar refractivity (Wildman–Crippen MR) is 91.0 cm³/mol. The first-order chi connectivity index (χ1) is 11.0. The summed E-state index contributed by atoms with van der Waals surface area (Å²) in [7, 11) is 0. The van der Waals surface area contributed by atoms with Crippen LogP contribution in [0.1, 0.15) is 29.8 Å². The Hall–Kier alpha value is -0.990. The molecule has 2 aliphatic heterocycles. The number of cyclic esters (lactones) is 1. The summed E-state index contributed by atoms with van der Waals surface area (Å²) in [6, 6.07) is 1.77. The maximum Gasteiger partial charge on any atom is 0.312 e. The van der Waals surface area contributed by atoms with Crippen LogP contribution in [0.4, 0.5) is 0 Å². The van der Waals surface area contributed by atoms with Gasteiger partial charge in [0.25, 0.3) is 5.91 Å². The molecule has 0 saturated carbocycles. The summed E-state index contributed by atoms with van der Waals surface area (Å²) in [5, 5.41) is 6.06. The highest BCUT2D eigenvalue weighted by Gasteiger charge is 2.49. The van der Waals surface area contributed by atoms with Crippen LogP contribution in [0.2, 0.25) is 0 Å². The van der Waals surface area contributed by atoms with Crippen LogP contribution >= 0.6 is 31.9 Å². The van der Waals surface area contributed by atoms with Crippen molar-refractivity contribution in [1.82, 2.24) is 15.6 Å². The highest BCUT2D eigenvalue weighted by molar-refractivity contribution is 9.11. The number of hydrogen-bond donors (Lipinski definition) is 2. The molecule has 8 heteroatoms. The Morgan fingerprint density at radius 1 is 1.43 bits per heavy atom. The fourth-order valence-electron chi connectivity index (χ4n) is 3.14. The number of nitrogens with one attached hydrogen (secondary N) is 2. The quantitative estimate of drug-likeness (QED) is 0.694. The largest absolute Gasteiger partial charge is 0.460 e. The summed E-state index contributed by atoms with van der Waals surface area (Å²) in [6.45, 7) is 1.98. The maximum atomic E-state index is 12.2. The Bertz CT molecular complexity index is 632. The minimum absolute atomic E-state index is 0.124. The van der Waals surface area contributed by atoms with Crippen LogP contribution in [0.25, 0.3) is 0 Å². The first kappa shape index (κ1) is 16.9. The molecule has 0 bridgehead atoms. The van der Waals surface area contributed by atoms with Crippen molar-refractivity contribution in [2.45, 2.75) is 25.4 Å². The number of carbonyl (C=O) groups is 2. The van der Waals surface area contributed by atoms with Gasteiger partial charge in [0.2, 0.25) is 0 Å². The van der Waals surface area contributed by atoms with E-state index in [0.29, 0.717) is 23.1 Å². The molecular formula is C15H17Br2N3O3. The molecule has 23 heavy (non-hydrogen) atoms. The molecule has 2 fully saturated rings. The minimum atomic E-state index is -0.364. The van der Waals surface area contributed by atoms with Crippen molar-refractivity contribution < 1.29 is 14.3 Å². The number of pyridine rings is 1. The van der Waals surface area contributed by atoms with Crippen LogP contribution in [-0.2, 0) is 9.53 Å². The van der Waals surface area contributed by atoms with Gasteiger partial charge < -0.3 is 15.4 Å². The van der Waals surface area contributed by atoms with Crippen molar-refractivity contribution in [3.05, 3.63) is 26.9 Å². The van der Waals surface area contributed by atoms with Crippen molar-refractivity contribution in [1.29, 1.82) is 0 Å². The lowest BCUT2D eigenvalue weighted by atomic mass is 9.76. The van der Waals surface area contributed by atoms with Gasteiger partial charge in [-0.05, 0) is 63.9 Å². The Morgan fingerprint density at radius 3 is 2.87 bits per heavy atom. The Labute approximate surface area is 151 Å². The number of ether oxygens (including phenoxy) is 1. The van der Waals surface area contributed by atoms with Gasteiger partial charge in [-0.3, -0.25) is 9.59 Å². The molecule has 3 rings (SSSR count). The van der Waals surface area contributed by atoms with Crippen molar-refractivity contribution in [3.63, 3.8) is 0 Å². The van der Waals surface area contributed by atoms with E-state index in [1.165, 1.54) is 0 Å². The highest BCUT2D eigenvalue weighted by Crippen LogP contribution is 2.41. The van der Waals surface area contributed by atoms with Crippen molar-refractivity contribution >= 4 is 43.7 Å². The third kappa shape index (κ3) is 3.59. The van der Waals surface area contributed by atoms with Gasteiger partial charge in [0.05, 0.1) is 16.4 Å². The second-order valence-corrected chi connectivity index (χ2v) is 7.73. The normalized spacial score (nSPS) is 22.9. The Kier molecular flexibility index (Phi) is 5.03. The third-order valence-corrected chi connectivity index (χ3v) is 5.44. The molecule has 2 aliphatic rings. The van der Waals surface area contributed by atoms with E-state index in [-0.39, 0.29) is 23.4 Å². The van der Waals surface area contributed by atoms with Gasteiger partial charge in [0, 0.05) is 17.1 Å². The summed E-state index contributed by atoms with van der Waals surface area (Å²) < 4.78 is 6.87. The summed E-state index contributed by atoms with van der Waals surface area (Å²) in [6.07, 6.45) is 3.58. The van der Waals surface area contributed by atoms with Gasteiger partial charge in [-0.1, -0.05) is 0 Å². The van der Waals surface area contributed by atoms with Gasteiger partial charge >= 0.3 is 5.97 Å². The monoisotopic (exact) mass is 445 g/mol. The van der Waals surface area contributed by atoms with E-state index >= 15 is 0 Å². The van der Waals surface area contributed by atoms with Gasteiger partial charge in [-0.2, -0.15) is 0 Å². The van der Waals surface area contributed by atoms with E-state index in [4.69, 9.17) is 4.74 Å². The van der Waals surface area contributed by atoms with E-state index in [0.717, 1.165) is 30.4 Å². The Balaban J connectivity index is 1.58. The molecular weight excluding hydrogens is 430 g/mol. The first-order valence-electron chi connectivity index (χ1n) is 7.51. The van der Waals surface area contributed by atoms with Crippen LogP contribution in [0.15, 0.2) is 21.2 Å². The van der Waals surface area contributed by atoms with Crippen LogP contribution in [0.5, 0.6) is 0 Å². The topological polar surface area (TPSA) is 80.3 Å². The van der Waals surface area contributed by atoms with Gasteiger partial charge in [0.15, 0.2) is 0 Å². The van der Waals surface area contributed by atoms with Crippen molar-refractivity contribution in [3.8, 4) is 0 Å². The molecule has 0 aromatic carbocycles. The van der Waals surface area contributed by atoms with Crippen LogP contribution in [0, 0.1) is 5.41 Å². The SMILES string of the molecule is O=C(NCC1CC2(CCNCC2)C(=O)O1)c1ncc(Br)cc1Br. The lowest BCUT2D eigenvalue weighted by Gasteiger charge is -2.29. The average molecular weight is 447 g/mol. The first-order valence-corrected chi connectivity index (χ1v) is 9.10. The number of piperidine rings is 1. The molecule has 3 heterocycles. The van der Waals surface area contributed by atoms with Crippen LogP contribution < -0.4 is 10.6 Å². The van der Waals surface area contributed by atoms with Gasteiger partial charge in [0.1, 0.15) is 11.8 Å². The van der Waals surface area contributed by atoms with Crippen LogP contribution in [-0.4, -0.2) is 42.6 Å². The van der Waals surface area contributed by atoms with Gasteiger partial charge in [-0.15, -0.1) is 0 Å². The number of nitrogens with zero attached hydrogens (tertiary/aromatic N) is 1. The number of aromatic nitrogens is 1. The smallest absolute Gasteiger partial charge is 0.312 e. The fourth-order valence-corrected chi connectivity index (χ4v) is 4.30. The minimum Gasteiger partial charge on any atom is -0.460 e. The summed E-state index contributed by atoms with van der Waals surface area (Å²) in [5.41, 5.74) is -0.0500. The molecule has 1 spiro atoms. The van der Waals surface area contributed by atoms with Crippen LogP contribution in [0.3, 0.4) is 0 Å². The lowest BCUT2D eigenvalue weighted by molar-refractivity contribution is -0.149. The van der Waals surface area contributed by atoms with E-state index in [1.807, 2.05) is 0 Å². The number of halogens is 2. The molecule has 0 aliphatic carbocycles. The van der Waals surface area contributed by atoms with E-state index in [1.54, 1.807) is 12.3 Å². The summed E-state index contributed by atoms with van der Waals surface area (Å²) >= 11 is 6.62. The summed E-state index contributed by atoms with van der Waals surface area (Å²) in [5.74, 6) is -0.409. The molecule has 1 aromatic rings. The predicted octanol–water partition coefficient (Wildman–Crippen LogP) is 2.02.